The molecule has 0 amide bonds. The summed E-state index contributed by atoms with van der Waals surface area (Å²) in [4.78, 5) is 46.0. The number of aliphatic hydroxyl groups excluding tert-OH is 1. The van der Waals surface area contributed by atoms with Gasteiger partial charge in [0.25, 0.3) is 0 Å². The van der Waals surface area contributed by atoms with Gasteiger partial charge in [-0.1, -0.05) is 12.2 Å². The fourth-order valence-electron chi connectivity index (χ4n) is 2.62. The van der Waals surface area contributed by atoms with Crippen molar-refractivity contribution in [2.45, 2.75) is 58.4 Å². The summed E-state index contributed by atoms with van der Waals surface area (Å²) in [6.07, 6.45) is -3.16. The molecule has 0 aromatic carbocycles. The molecule has 1 fully saturated rings. The van der Waals surface area contributed by atoms with Crippen molar-refractivity contribution < 1.29 is 52.7 Å². The average Bonchev–Trinajstić information content (AvgIpc) is 2.60. The Bertz CT molecular complexity index is 615. The molecule has 29 heavy (non-hydrogen) atoms. The first-order valence-corrected chi connectivity index (χ1v) is 8.83. The normalized spacial score (nSPS) is 26.6. The lowest BCUT2D eigenvalue weighted by Crippen LogP contribution is -2.62. The lowest BCUT2D eigenvalue weighted by molar-refractivity contribution is -0.306. The highest BCUT2D eigenvalue weighted by atomic mass is 16.7. The molecule has 5 atom stereocenters. The molecule has 0 saturated carbocycles. The second kappa shape index (κ2) is 12.1. The summed E-state index contributed by atoms with van der Waals surface area (Å²) in [5, 5.41) is 8.80. The Morgan fingerprint density at radius 3 is 1.90 bits per heavy atom. The topological polar surface area (TPSA) is 144 Å². The van der Waals surface area contributed by atoms with Crippen LogP contribution in [0.3, 0.4) is 0 Å². The fourth-order valence-corrected chi connectivity index (χ4v) is 2.62. The number of hydrogen-bond acceptors (Lipinski definition) is 11. The van der Waals surface area contributed by atoms with Crippen molar-refractivity contribution >= 4 is 23.9 Å². The molecule has 1 aliphatic heterocycles. The summed E-state index contributed by atoms with van der Waals surface area (Å²) >= 11 is 0. The number of carbonyl (C=O) groups excluding carboxylic acids is 4. The van der Waals surface area contributed by atoms with Gasteiger partial charge < -0.3 is 33.5 Å². The first kappa shape index (κ1) is 24.5. The van der Waals surface area contributed by atoms with Crippen LogP contribution in [0.1, 0.15) is 27.7 Å². The first-order chi connectivity index (χ1) is 13.6. The van der Waals surface area contributed by atoms with E-state index in [1.54, 1.807) is 0 Å². The Balaban J connectivity index is 3.22. The molecular weight excluding hydrogens is 392 g/mol. The zero-order chi connectivity index (χ0) is 22.0. The smallest absolute Gasteiger partial charge is 0.303 e. The minimum absolute atomic E-state index is 0.0334. The Morgan fingerprint density at radius 2 is 1.38 bits per heavy atom. The van der Waals surface area contributed by atoms with Gasteiger partial charge in [0.05, 0.1) is 13.2 Å². The summed E-state index contributed by atoms with van der Waals surface area (Å²) in [5.74, 6) is -2.76. The molecule has 0 aromatic rings. The van der Waals surface area contributed by atoms with Crippen LogP contribution in [0.4, 0.5) is 0 Å². The molecule has 0 aromatic heterocycles. The van der Waals surface area contributed by atoms with Crippen LogP contribution in [-0.2, 0) is 47.6 Å². The molecule has 11 nitrogen and oxygen atoms in total. The molecule has 1 heterocycles. The van der Waals surface area contributed by atoms with Crippen molar-refractivity contribution in [2.75, 3.05) is 19.8 Å². The van der Waals surface area contributed by atoms with E-state index in [9.17, 15) is 19.2 Å². The second-order valence-corrected chi connectivity index (χ2v) is 6.05. The molecule has 0 unspecified atom stereocenters. The molecule has 11 heteroatoms. The van der Waals surface area contributed by atoms with E-state index in [4.69, 9.17) is 33.5 Å². The van der Waals surface area contributed by atoms with Crippen molar-refractivity contribution in [1.82, 2.24) is 0 Å². The second-order valence-electron chi connectivity index (χ2n) is 6.05. The summed E-state index contributed by atoms with van der Waals surface area (Å²) in [6.45, 7) is 4.02. The van der Waals surface area contributed by atoms with Crippen molar-refractivity contribution in [2.24, 2.45) is 0 Å². The van der Waals surface area contributed by atoms with Gasteiger partial charge in [-0.15, -0.1) is 0 Å². The number of rotatable bonds is 9. The van der Waals surface area contributed by atoms with Gasteiger partial charge in [-0.3, -0.25) is 19.2 Å². The number of ether oxygens (including phenoxy) is 6. The van der Waals surface area contributed by atoms with Crippen molar-refractivity contribution in [3.63, 3.8) is 0 Å². The SMILES string of the molecule is CC(=O)OC[C@@H]1O[C@@H](OC/C=C\CO)[C@@H](OC(C)=O)[C@H](OC(C)=O)[C@H]1OC(C)=O. The fraction of sp³-hybridized carbons (Fsp3) is 0.667. The van der Waals surface area contributed by atoms with Crippen LogP contribution in [0.5, 0.6) is 0 Å². The Kier molecular flexibility index (Phi) is 10.3. The third kappa shape index (κ3) is 8.59. The third-order valence-corrected chi connectivity index (χ3v) is 3.58. The maximum Gasteiger partial charge on any atom is 0.303 e. The van der Waals surface area contributed by atoms with E-state index >= 15 is 0 Å². The Morgan fingerprint density at radius 1 is 0.828 bits per heavy atom. The zero-order valence-corrected chi connectivity index (χ0v) is 16.7. The maximum absolute atomic E-state index is 11.6. The molecule has 1 rings (SSSR count). The molecule has 0 spiro atoms. The maximum atomic E-state index is 11.6. The Labute approximate surface area is 167 Å². The third-order valence-electron chi connectivity index (χ3n) is 3.58. The van der Waals surface area contributed by atoms with Gasteiger partial charge >= 0.3 is 23.9 Å². The van der Waals surface area contributed by atoms with E-state index in [-0.39, 0.29) is 19.8 Å². The van der Waals surface area contributed by atoms with Crippen molar-refractivity contribution in [3.8, 4) is 0 Å². The largest absolute Gasteiger partial charge is 0.463 e. The number of carbonyl (C=O) groups is 4. The quantitative estimate of drug-likeness (QED) is 0.297. The molecule has 0 bridgehead atoms. The summed E-state index contributed by atoms with van der Waals surface area (Å²) in [7, 11) is 0. The molecule has 1 N–H and O–H groups in total. The minimum Gasteiger partial charge on any atom is -0.463 e. The van der Waals surface area contributed by atoms with Crippen LogP contribution in [-0.4, -0.2) is 79.5 Å². The monoisotopic (exact) mass is 418 g/mol. The van der Waals surface area contributed by atoms with Gasteiger partial charge in [-0.25, -0.2) is 0 Å². The van der Waals surface area contributed by atoms with Gasteiger partial charge in [-0.05, 0) is 0 Å². The molecule has 1 saturated heterocycles. The summed E-state index contributed by atoms with van der Waals surface area (Å²) in [6, 6.07) is 0. The lowest BCUT2D eigenvalue weighted by atomic mass is 9.98. The summed E-state index contributed by atoms with van der Waals surface area (Å²) < 4.78 is 31.9. The van der Waals surface area contributed by atoms with E-state index in [2.05, 4.69) is 0 Å². The standard InChI is InChI=1S/C18H26O11/c1-10(20)25-9-14-15(26-11(2)21)16(27-12(3)22)17(28-13(4)23)18(29-14)24-8-6-5-7-19/h5-6,14-19H,7-9H2,1-4H3/b6-5-/t14-,15-,16+,17-,18+/m0/s1. The molecule has 164 valence electrons. The van der Waals surface area contributed by atoms with E-state index in [0.717, 1.165) is 20.8 Å². The number of hydrogen-bond donors (Lipinski definition) is 1. The van der Waals surface area contributed by atoms with E-state index in [1.807, 2.05) is 0 Å². The highest BCUT2D eigenvalue weighted by Gasteiger charge is 2.52. The molecule has 0 radical (unpaired) electrons. The summed E-state index contributed by atoms with van der Waals surface area (Å²) in [5.41, 5.74) is 0. The number of aliphatic hydroxyl groups is 1. The lowest BCUT2D eigenvalue weighted by Gasteiger charge is -2.43. The van der Waals surface area contributed by atoms with Crippen molar-refractivity contribution in [1.29, 1.82) is 0 Å². The molecule has 1 aliphatic rings. The molecule has 0 aliphatic carbocycles. The van der Waals surface area contributed by atoms with Crippen molar-refractivity contribution in [3.05, 3.63) is 12.2 Å². The first-order valence-electron chi connectivity index (χ1n) is 8.83. The minimum atomic E-state index is -1.28. The number of esters is 4. The average molecular weight is 418 g/mol. The van der Waals surface area contributed by atoms with E-state index < -0.39 is 54.6 Å². The van der Waals surface area contributed by atoms with Crippen LogP contribution >= 0.6 is 0 Å². The van der Waals surface area contributed by atoms with Gasteiger partial charge in [-0.2, -0.15) is 0 Å². The van der Waals surface area contributed by atoms with Gasteiger partial charge in [0.15, 0.2) is 24.6 Å². The van der Waals surface area contributed by atoms with Crippen LogP contribution in [0.25, 0.3) is 0 Å². The van der Waals surface area contributed by atoms with Gasteiger partial charge in [0.2, 0.25) is 0 Å². The Hall–Kier alpha value is -2.50. The highest BCUT2D eigenvalue weighted by molar-refractivity contribution is 5.68. The predicted octanol–water partition coefficient (Wildman–Crippen LogP) is -0.365. The predicted molar refractivity (Wildman–Crippen MR) is 94.1 cm³/mol. The highest BCUT2D eigenvalue weighted by Crippen LogP contribution is 2.29. The molecular formula is C18H26O11. The van der Waals surface area contributed by atoms with Crippen LogP contribution in [0, 0.1) is 0 Å². The van der Waals surface area contributed by atoms with Gasteiger partial charge in [0, 0.05) is 27.7 Å². The van der Waals surface area contributed by atoms with Gasteiger partial charge in [0.1, 0.15) is 12.7 Å². The van der Waals surface area contributed by atoms with E-state index in [0.29, 0.717) is 0 Å². The zero-order valence-electron chi connectivity index (χ0n) is 16.7. The van der Waals surface area contributed by atoms with Crippen LogP contribution in [0.2, 0.25) is 0 Å². The van der Waals surface area contributed by atoms with E-state index in [1.165, 1.54) is 19.1 Å². The van der Waals surface area contributed by atoms with Crippen LogP contribution < -0.4 is 0 Å². The van der Waals surface area contributed by atoms with Crippen LogP contribution in [0.15, 0.2) is 12.2 Å².